The zero-order valence-corrected chi connectivity index (χ0v) is 10.5. The summed E-state index contributed by atoms with van der Waals surface area (Å²) in [7, 11) is 0. The number of terminal acetylenes is 1. The Morgan fingerprint density at radius 2 is 1.88 bits per heavy atom. The van der Waals surface area contributed by atoms with Crippen LogP contribution in [-0.4, -0.2) is 55.0 Å². The molecule has 1 rings (SSSR count). The van der Waals surface area contributed by atoms with Crippen LogP contribution in [0.5, 0.6) is 0 Å². The largest absolute Gasteiger partial charge is 0.340 e. The van der Waals surface area contributed by atoms with Crippen molar-refractivity contribution in [1.29, 1.82) is 0 Å². The summed E-state index contributed by atoms with van der Waals surface area (Å²) >= 11 is 0. The van der Waals surface area contributed by atoms with Crippen molar-refractivity contribution in [2.45, 2.75) is 25.7 Å². The molecule has 0 atom stereocenters. The second-order valence-corrected chi connectivity index (χ2v) is 4.46. The average Bonchev–Trinajstić information content (AvgIpc) is 2.36. The molecule has 4 heteroatoms. The lowest BCUT2D eigenvalue weighted by atomic mass is 10.1. The highest BCUT2D eigenvalue weighted by Crippen LogP contribution is 2.06. The molecule has 0 aromatic carbocycles. The lowest BCUT2D eigenvalue weighted by Crippen LogP contribution is -2.48. The van der Waals surface area contributed by atoms with E-state index in [0.717, 1.165) is 52.0 Å². The monoisotopic (exact) mass is 237 g/mol. The average molecular weight is 237 g/mol. The quantitative estimate of drug-likeness (QED) is 0.533. The molecule has 1 aliphatic heterocycles. The Kier molecular flexibility index (Phi) is 6.68. The van der Waals surface area contributed by atoms with Crippen LogP contribution in [0.25, 0.3) is 0 Å². The van der Waals surface area contributed by atoms with Crippen molar-refractivity contribution in [2.24, 2.45) is 5.73 Å². The second-order valence-electron chi connectivity index (χ2n) is 4.46. The summed E-state index contributed by atoms with van der Waals surface area (Å²) in [5, 5.41) is 0. The molecule has 1 aliphatic rings. The molecule has 17 heavy (non-hydrogen) atoms. The number of piperazine rings is 1. The Morgan fingerprint density at radius 3 is 2.47 bits per heavy atom. The molecule has 4 nitrogen and oxygen atoms in total. The number of rotatable bonds is 6. The number of amides is 1. The van der Waals surface area contributed by atoms with Crippen LogP contribution in [0.15, 0.2) is 0 Å². The third-order valence-electron chi connectivity index (χ3n) is 3.13. The number of nitrogens with zero attached hydrogens (tertiary/aromatic N) is 2. The Bertz CT molecular complexity index is 264. The molecule has 1 fully saturated rings. The van der Waals surface area contributed by atoms with Gasteiger partial charge in [-0.1, -0.05) is 12.3 Å². The summed E-state index contributed by atoms with van der Waals surface area (Å²) in [6.45, 7) is 4.85. The molecule has 2 N–H and O–H groups in total. The SMILES string of the molecule is C#CCN1CCN(C(=O)CCCCCN)CC1. The molecule has 1 amide bonds. The van der Waals surface area contributed by atoms with Crippen molar-refractivity contribution >= 4 is 5.91 Å². The van der Waals surface area contributed by atoms with Crippen LogP contribution in [0.4, 0.5) is 0 Å². The lowest BCUT2D eigenvalue weighted by molar-refractivity contribution is -0.133. The van der Waals surface area contributed by atoms with Crippen molar-refractivity contribution in [3.8, 4) is 12.3 Å². The van der Waals surface area contributed by atoms with Crippen molar-refractivity contribution < 1.29 is 4.79 Å². The van der Waals surface area contributed by atoms with E-state index in [1.54, 1.807) is 0 Å². The van der Waals surface area contributed by atoms with Gasteiger partial charge in [-0.05, 0) is 19.4 Å². The van der Waals surface area contributed by atoms with E-state index < -0.39 is 0 Å². The molecule has 96 valence electrons. The van der Waals surface area contributed by atoms with Gasteiger partial charge >= 0.3 is 0 Å². The first-order chi connectivity index (χ1) is 8.27. The number of carbonyl (C=O) groups excluding carboxylic acids is 1. The maximum absolute atomic E-state index is 11.9. The molecular weight excluding hydrogens is 214 g/mol. The third kappa shape index (κ3) is 5.20. The second kappa shape index (κ2) is 8.10. The lowest BCUT2D eigenvalue weighted by Gasteiger charge is -2.33. The van der Waals surface area contributed by atoms with E-state index in [1.807, 2.05) is 4.90 Å². The minimum atomic E-state index is 0.280. The molecule has 0 aromatic rings. The predicted molar refractivity (Wildman–Crippen MR) is 69.4 cm³/mol. The molecule has 1 heterocycles. The fourth-order valence-corrected chi connectivity index (χ4v) is 2.04. The maximum atomic E-state index is 11.9. The number of carbonyl (C=O) groups is 1. The summed E-state index contributed by atoms with van der Waals surface area (Å²) in [5.74, 6) is 2.92. The topological polar surface area (TPSA) is 49.6 Å². The molecule has 0 aliphatic carbocycles. The van der Waals surface area contributed by atoms with E-state index >= 15 is 0 Å². The van der Waals surface area contributed by atoms with Crippen molar-refractivity contribution in [3.63, 3.8) is 0 Å². The molecule has 0 unspecified atom stereocenters. The van der Waals surface area contributed by atoms with E-state index in [1.165, 1.54) is 0 Å². The van der Waals surface area contributed by atoms with Gasteiger partial charge in [0.05, 0.1) is 6.54 Å². The number of nitrogens with two attached hydrogens (primary N) is 1. The van der Waals surface area contributed by atoms with Gasteiger partial charge in [-0.25, -0.2) is 0 Å². The first kappa shape index (κ1) is 14.0. The van der Waals surface area contributed by atoms with Crippen LogP contribution in [0.3, 0.4) is 0 Å². The fourth-order valence-electron chi connectivity index (χ4n) is 2.04. The number of hydrogen-bond donors (Lipinski definition) is 1. The molecule has 1 saturated heterocycles. The van der Waals surface area contributed by atoms with Gasteiger partial charge < -0.3 is 10.6 Å². The number of unbranched alkanes of at least 4 members (excludes halogenated alkanes) is 2. The van der Waals surface area contributed by atoms with Gasteiger partial charge in [-0.15, -0.1) is 6.42 Å². The number of hydrogen-bond acceptors (Lipinski definition) is 3. The van der Waals surface area contributed by atoms with Gasteiger partial charge in [-0.3, -0.25) is 9.69 Å². The normalized spacial score (nSPS) is 16.8. The summed E-state index contributed by atoms with van der Waals surface area (Å²) in [6, 6.07) is 0. The van der Waals surface area contributed by atoms with Gasteiger partial charge in [0.2, 0.25) is 5.91 Å². The zero-order valence-electron chi connectivity index (χ0n) is 10.5. The van der Waals surface area contributed by atoms with Crippen LogP contribution < -0.4 is 5.73 Å². The van der Waals surface area contributed by atoms with Gasteiger partial charge in [0.1, 0.15) is 0 Å². The molecule has 0 aromatic heterocycles. The van der Waals surface area contributed by atoms with Gasteiger partial charge in [0.15, 0.2) is 0 Å². The van der Waals surface area contributed by atoms with E-state index in [4.69, 9.17) is 12.2 Å². The highest BCUT2D eigenvalue weighted by atomic mass is 16.2. The molecule has 0 radical (unpaired) electrons. The van der Waals surface area contributed by atoms with Crippen LogP contribution in [0.1, 0.15) is 25.7 Å². The van der Waals surface area contributed by atoms with Crippen molar-refractivity contribution in [1.82, 2.24) is 9.80 Å². The molecule has 0 bridgehead atoms. The van der Waals surface area contributed by atoms with Crippen molar-refractivity contribution in [3.05, 3.63) is 0 Å². The smallest absolute Gasteiger partial charge is 0.222 e. The standard InChI is InChI=1S/C13H23N3O/c1-2-8-15-9-11-16(12-10-15)13(17)6-4-3-5-7-14/h1H,3-12,14H2. The Balaban J connectivity index is 2.15. The minimum absolute atomic E-state index is 0.280. The third-order valence-corrected chi connectivity index (χ3v) is 3.13. The van der Waals surface area contributed by atoms with E-state index in [-0.39, 0.29) is 5.91 Å². The van der Waals surface area contributed by atoms with Crippen LogP contribution >= 0.6 is 0 Å². The van der Waals surface area contributed by atoms with E-state index in [2.05, 4.69) is 10.8 Å². The summed E-state index contributed by atoms with van der Waals surface area (Å²) < 4.78 is 0. The molecule has 0 saturated carbocycles. The van der Waals surface area contributed by atoms with Gasteiger partial charge in [0, 0.05) is 32.6 Å². The Morgan fingerprint density at radius 1 is 1.18 bits per heavy atom. The van der Waals surface area contributed by atoms with Crippen molar-refractivity contribution in [2.75, 3.05) is 39.3 Å². The minimum Gasteiger partial charge on any atom is -0.340 e. The zero-order chi connectivity index (χ0) is 12.5. The van der Waals surface area contributed by atoms with Crippen LogP contribution in [0.2, 0.25) is 0 Å². The van der Waals surface area contributed by atoms with E-state index in [0.29, 0.717) is 13.0 Å². The highest BCUT2D eigenvalue weighted by Gasteiger charge is 2.19. The summed E-state index contributed by atoms with van der Waals surface area (Å²) in [6.07, 6.45) is 8.96. The predicted octanol–water partition coefficient (Wildman–Crippen LogP) is 0.283. The summed E-state index contributed by atoms with van der Waals surface area (Å²) in [4.78, 5) is 16.0. The molecular formula is C13H23N3O. The first-order valence-corrected chi connectivity index (χ1v) is 6.41. The van der Waals surface area contributed by atoms with Crippen LogP contribution in [-0.2, 0) is 4.79 Å². The van der Waals surface area contributed by atoms with Gasteiger partial charge in [-0.2, -0.15) is 0 Å². The fraction of sp³-hybridized carbons (Fsp3) is 0.769. The first-order valence-electron chi connectivity index (χ1n) is 6.41. The maximum Gasteiger partial charge on any atom is 0.222 e. The van der Waals surface area contributed by atoms with Gasteiger partial charge in [0.25, 0.3) is 0 Å². The summed E-state index contributed by atoms with van der Waals surface area (Å²) in [5.41, 5.74) is 5.41. The van der Waals surface area contributed by atoms with Crippen LogP contribution in [0, 0.1) is 12.3 Å². The Labute approximate surface area is 104 Å². The molecule has 0 spiro atoms. The highest BCUT2D eigenvalue weighted by molar-refractivity contribution is 5.76. The van der Waals surface area contributed by atoms with E-state index in [9.17, 15) is 4.79 Å². The Hall–Kier alpha value is -1.05.